The van der Waals surface area contributed by atoms with Crippen LogP contribution in [-0.4, -0.2) is 54.4 Å². The Labute approximate surface area is 126 Å². The molecule has 0 heterocycles. The van der Waals surface area contributed by atoms with Gasteiger partial charge in [0.25, 0.3) is 0 Å². The lowest BCUT2D eigenvalue weighted by molar-refractivity contribution is 0.101. The largest absolute Gasteiger partial charge is 0.507 e. The molecule has 0 spiro atoms. The Morgan fingerprint density at radius 1 is 1.24 bits per heavy atom. The molecule has 0 saturated heterocycles. The lowest BCUT2D eigenvalue weighted by atomic mass is 10.0. The maximum atomic E-state index is 13.6. The molecule has 1 N–H and O–H groups in total. The van der Waals surface area contributed by atoms with Crippen LogP contribution in [0.5, 0.6) is 5.75 Å². The van der Waals surface area contributed by atoms with Crippen LogP contribution in [0.25, 0.3) is 0 Å². The third-order valence-corrected chi connectivity index (χ3v) is 3.33. The molecule has 0 unspecified atom stereocenters. The first-order valence-electron chi connectivity index (χ1n) is 7.24. The molecule has 21 heavy (non-hydrogen) atoms. The number of hydrogen-bond acceptors (Lipinski definition) is 4. The number of phenolic OH excluding ortho intramolecular Hbond substituents is 1. The fraction of sp³-hybridized carbons (Fsp3) is 0.562. The average molecular weight is 296 g/mol. The molecule has 0 bridgehead atoms. The highest BCUT2D eigenvalue weighted by atomic mass is 19.1. The van der Waals surface area contributed by atoms with Gasteiger partial charge in [-0.05, 0) is 46.1 Å². The summed E-state index contributed by atoms with van der Waals surface area (Å²) in [7, 11) is 4.00. The summed E-state index contributed by atoms with van der Waals surface area (Å²) in [4.78, 5) is 15.7. The minimum atomic E-state index is -0.489. The third kappa shape index (κ3) is 5.44. The zero-order valence-corrected chi connectivity index (χ0v) is 13.3. The number of likely N-dealkylation sites (N-methyl/N-ethyl adjacent to an activating group) is 1. The summed E-state index contributed by atoms with van der Waals surface area (Å²) in [5, 5.41) is 10.2. The number of aromatic hydroxyl groups is 1. The van der Waals surface area contributed by atoms with Gasteiger partial charge in [0.15, 0.2) is 5.78 Å². The standard InChI is InChI=1S/C16H25FN2O2/c1-5-6-19(8-7-18(3)4)11-13-9-14(17)10-15(12(2)20)16(13)21/h9-10,21H,5-8,11H2,1-4H3. The van der Waals surface area contributed by atoms with Crippen molar-refractivity contribution in [2.45, 2.75) is 26.8 Å². The molecule has 118 valence electrons. The Morgan fingerprint density at radius 3 is 2.43 bits per heavy atom. The highest BCUT2D eigenvalue weighted by molar-refractivity contribution is 5.97. The molecule has 0 radical (unpaired) electrons. The molecule has 0 aliphatic carbocycles. The third-order valence-electron chi connectivity index (χ3n) is 3.33. The first-order chi connectivity index (χ1) is 9.85. The van der Waals surface area contributed by atoms with E-state index in [1.165, 1.54) is 13.0 Å². The number of carbonyl (C=O) groups is 1. The van der Waals surface area contributed by atoms with Gasteiger partial charge in [-0.25, -0.2) is 4.39 Å². The summed E-state index contributed by atoms with van der Waals surface area (Å²) in [6, 6.07) is 2.39. The van der Waals surface area contributed by atoms with Crippen molar-refractivity contribution in [3.05, 3.63) is 29.1 Å². The molecular formula is C16H25FN2O2. The van der Waals surface area contributed by atoms with Gasteiger partial charge in [0.2, 0.25) is 0 Å². The average Bonchev–Trinajstić information content (AvgIpc) is 2.39. The van der Waals surface area contributed by atoms with E-state index in [0.717, 1.165) is 32.1 Å². The molecule has 0 fully saturated rings. The van der Waals surface area contributed by atoms with Crippen LogP contribution in [0.3, 0.4) is 0 Å². The highest BCUT2D eigenvalue weighted by Gasteiger charge is 2.16. The number of ketones is 1. The van der Waals surface area contributed by atoms with Gasteiger partial charge in [-0.1, -0.05) is 6.92 Å². The van der Waals surface area contributed by atoms with Crippen LogP contribution >= 0.6 is 0 Å². The van der Waals surface area contributed by atoms with Crippen molar-refractivity contribution in [3.63, 3.8) is 0 Å². The van der Waals surface area contributed by atoms with E-state index in [2.05, 4.69) is 16.7 Å². The first-order valence-corrected chi connectivity index (χ1v) is 7.24. The molecule has 0 aromatic heterocycles. The van der Waals surface area contributed by atoms with Crippen molar-refractivity contribution >= 4 is 5.78 Å². The van der Waals surface area contributed by atoms with Crippen LogP contribution in [0.15, 0.2) is 12.1 Å². The molecule has 0 atom stereocenters. The number of halogens is 1. The Kier molecular flexibility index (Phi) is 6.78. The maximum absolute atomic E-state index is 13.6. The monoisotopic (exact) mass is 296 g/mol. The molecule has 1 aromatic rings. The fourth-order valence-corrected chi connectivity index (χ4v) is 2.21. The number of rotatable bonds is 8. The van der Waals surface area contributed by atoms with Crippen LogP contribution in [0, 0.1) is 5.82 Å². The summed E-state index contributed by atoms with van der Waals surface area (Å²) in [6.07, 6.45) is 0.975. The van der Waals surface area contributed by atoms with E-state index < -0.39 is 5.82 Å². The first kappa shape index (κ1) is 17.6. The molecular weight excluding hydrogens is 271 g/mol. The van der Waals surface area contributed by atoms with Gasteiger partial charge in [0.05, 0.1) is 5.56 Å². The molecule has 0 amide bonds. The second-order valence-corrected chi connectivity index (χ2v) is 5.60. The van der Waals surface area contributed by atoms with Gasteiger partial charge in [-0.2, -0.15) is 0 Å². The van der Waals surface area contributed by atoms with Gasteiger partial charge in [-0.15, -0.1) is 0 Å². The van der Waals surface area contributed by atoms with Crippen molar-refractivity contribution in [1.29, 1.82) is 0 Å². The number of phenols is 1. The van der Waals surface area contributed by atoms with Crippen molar-refractivity contribution in [3.8, 4) is 5.75 Å². The summed E-state index contributed by atoms with van der Waals surface area (Å²) in [5.74, 6) is -0.921. The van der Waals surface area contributed by atoms with E-state index in [1.54, 1.807) is 0 Å². The van der Waals surface area contributed by atoms with E-state index in [9.17, 15) is 14.3 Å². The summed E-state index contributed by atoms with van der Waals surface area (Å²) in [6.45, 7) is 6.41. The van der Waals surface area contributed by atoms with E-state index in [0.29, 0.717) is 12.1 Å². The predicted octanol–water partition coefficient (Wildman–Crippen LogP) is 2.51. The molecule has 4 nitrogen and oxygen atoms in total. The van der Waals surface area contributed by atoms with Crippen molar-refractivity contribution < 1.29 is 14.3 Å². The summed E-state index contributed by atoms with van der Waals surface area (Å²) in [5.41, 5.74) is 0.515. The zero-order valence-electron chi connectivity index (χ0n) is 13.3. The number of hydrogen-bond donors (Lipinski definition) is 1. The number of Topliss-reactive ketones (excluding diaryl/α,β-unsaturated/α-hetero) is 1. The van der Waals surface area contributed by atoms with E-state index in [-0.39, 0.29) is 17.1 Å². The quantitative estimate of drug-likeness (QED) is 0.749. The van der Waals surface area contributed by atoms with Gasteiger partial charge < -0.3 is 10.0 Å². The van der Waals surface area contributed by atoms with Gasteiger partial charge in [0.1, 0.15) is 11.6 Å². The van der Waals surface area contributed by atoms with Crippen molar-refractivity contribution in [1.82, 2.24) is 9.80 Å². The van der Waals surface area contributed by atoms with Crippen LogP contribution in [0.1, 0.15) is 36.2 Å². The smallest absolute Gasteiger partial charge is 0.163 e. The van der Waals surface area contributed by atoms with Gasteiger partial charge in [0, 0.05) is 25.2 Å². The predicted molar refractivity (Wildman–Crippen MR) is 82.2 cm³/mol. The van der Waals surface area contributed by atoms with Crippen LogP contribution in [-0.2, 0) is 6.54 Å². The zero-order chi connectivity index (χ0) is 16.0. The van der Waals surface area contributed by atoms with Crippen molar-refractivity contribution in [2.75, 3.05) is 33.7 Å². The molecule has 0 saturated carbocycles. The fourth-order valence-electron chi connectivity index (χ4n) is 2.21. The second-order valence-electron chi connectivity index (χ2n) is 5.60. The molecule has 1 rings (SSSR count). The topological polar surface area (TPSA) is 43.8 Å². The van der Waals surface area contributed by atoms with Gasteiger partial charge in [-0.3, -0.25) is 9.69 Å². The van der Waals surface area contributed by atoms with Crippen LogP contribution in [0.2, 0.25) is 0 Å². The number of nitrogens with zero attached hydrogens (tertiary/aromatic N) is 2. The lowest BCUT2D eigenvalue weighted by Crippen LogP contribution is -2.32. The summed E-state index contributed by atoms with van der Waals surface area (Å²) >= 11 is 0. The van der Waals surface area contributed by atoms with Crippen LogP contribution < -0.4 is 0 Å². The molecule has 5 heteroatoms. The minimum absolute atomic E-state index is 0.0501. The van der Waals surface area contributed by atoms with Crippen molar-refractivity contribution in [2.24, 2.45) is 0 Å². The second kappa shape index (κ2) is 8.10. The highest BCUT2D eigenvalue weighted by Crippen LogP contribution is 2.26. The van der Waals surface area contributed by atoms with E-state index in [1.807, 2.05) is 14.1 Å². The Morgan fingerprint density at radius 2 is 1.90 bits per heavy atom. The Bertz CT molecular complexity index is 489. The SMILES string of the molecule is CCCN(CCN(C)C)Cc1cc(F)cc(C(C)=O)c1O. The Hall–Kier alpha value is -1.46. The maximum Gasteiger partial charge on any atom is 0.163 e. The van der Waals surface area contributed by atoms with Crippen LogP contribution in [0.4, 0.5) is 4.39 Å². The lowest BCUT2D eigenvalue weighted by Gasteiger charge is -2.24. The number of carbonyl (C=O) groups excluding carboxylic acids is 1. The molecule has 0 aliphatic rings. The normalized spacial score (nSPS) is 11.4. The van der Waals surface area contributed by atoms with Gasteiger partial charge >= 0.3 is 0 Å². The molecule has 1 aromatic carbocycles. The Balaban J connectivity index is 2.94. The minimum Gasteiger partial charge on any atom is -0.507 e. The molecule has 0 aliphatic heterocycles. The number of benzene rings is 1. The van der Waals surface area contributed by atoms with E-state index >= 15 is 0 Å². The summed E-state index contributed by atoms with van der Waals surface area (Å²) < 4.78 is 13.6. The van der Waals surface area contributed by atoms with E-state index in [4.69, 9.17) is 0 Å².